The Kier molecular flexibility index (Phi) is 73.9. The number of carbonyl (C=O) groups is 2. The van der Waals surface area contributed by atoms with Crippen LogP contribution in [0.1, 0.15) is 438 Å². The Hall–Kier alpha value is -1.92. The molecule has 86 heavy (non-hydrogen) atoms. The molecule has 6 nitrogen and oxygen atoms in total. The number of nitrogens with one attached hydrogen (secondary N) is 1. The molecule has 0 saturated heterocycles. The molecule has 0 aromatic rings. The fourth-order valence-corrected chi connectivity index (χ4v) is 12.4. The summed E-state index contributed by atoms with van der Waals surface area (Å²) >= 11 is 0. The normalized spacial score (nSPS) is 12.7. The van der Waals surface area contributed by atoms with Crippen LogP contribution in [0.3, 0.4) is 0 Å². The number of rotatable bonds is 74. The van der Waals surface area contributed by atoms with Gasteiger partial charge in [-0.05, 0) is 83.5 Å². The molecule has 508 valence electrons. The van der Waals surface area contributed by atoms with E-state index in [0.29, 0.717) is 25.9 Å². The molecule has 2 unspecified atom stereocenters. The first kappa shape index (κ1) is 84.1. The van der Waals surface area contributed by atoms with Gasteiger partial charge in [-0.3, -0.25) is 9.59 Å². The van der Waals surface area contributed by atoms with Crippen molar-refractivity contribution in [3.8, 4) is 0 Å². The second-order valence-corrected chi connectivity index (χ2v) is 27.0. The Bertz CT molecular complexity index is 1390. The molecule has 0 radical (unpaired) electrons. The number of amides is 1. The molecule has 0 aromatic heterocycles. The lowest BCUT2D eigenvalue weighted by atomic mass is 10.0. The van der Waals surface area contributed by atoms with E-state index in [-0.39, 0.29) is 18.5 Å². The number of hydrogen-bond acceptors (Lipinski definition) is 5. The average Bonchev–Trinajstić information content (AvgIpc) is 3.54. The molecule has 0 heterocycles. The van der Waals surface area contributed by atoms with E-state index in [1.807, 2.05) is 0 Å². The predicted molar refractivity (Wildman–Crippen MR) is 379 cm³/mol. The Morgan fingerprint density at radius 1 is 0.326 bits per heavy atom. The zero-order chi connectivity index (χ0) is 62.0. The number of esters is 1. The lowest BCUT2D eigenvalue weighted by molar-refractivity contribution is -0.143. The molecular weight excluding hydrogens is 1050 g/mol. The van der Waals surface area contributed by atoms with E-state index in [1.165, 1.54) is 360 Å². The third-order valence-electron chi connectivity index (χ3n) is 18.4. The van der Waals surface area contributed by atoms with Crippen molar-refractivity contribution in [2.24, 2.45) is 0 Å². The van der Waals surface area contributed by atoms with Crippen LogP contribution < -0.4 is 5.32 Å². The minimum absolute atomic E-state index is 0.0183. The van der Waals surface area contributed by atoms with Gasteiger partial charge in [0.2, 0.25) is 5.91 Å². The topological polar surface area (TPSA) is 95.9 Å². The van der Waals surface area contributed by atoms with E-state index < -0.39 is 12.1 Å². The highest BCUT2D eigenvalue weighted by molar-refractivity contribution is 5.76. The summed E-state index contributed by atoms with van der Waals surface area (Å²) in [5.74, 6) is -0.0104. The van der Waals surface area contributed by atoms with Crippen LogP contribution in [0.15, 0.2) is 36.5 Å². The average molecular weight is 1210 g/mol. The number of ether oxygens (including phenoxy) is 1. The molecule has 3 N–H and O–H groups in total. The van der Waals surface area contributed by atoms with Gasteiger partial charge in [-0.15, -0.1) is 0 Å². The highest BCUT2D eigenvalue weighted by Crippen LogP contribution is 2.20. The van der Waals surface area contributed by atoms with E-state index in [1.54, 1.807) is 0 Å². The van der Waals surface area contributed by atoms with Crippen molar-refractivity contribution in [3.05, 3.63) is 36.5 Å². The molecule has 2 atom stereocenters. The van der Waals surface area contributed by atoms with Gasteiger partial charge in [0.05, 0.1) is 25.4 Å². The maximum Gasteiger partial charge on any atom is 0.305 e. The Labute approximate surface area is 538 Å². The van der Waals surface area contributed by atoms with Gasteiger partial charge < -0.3 is 20.3 Å². The van der Waals surface area contributed by atoms with Crippen molar-refractivity contribution in [2.75, 3.05) is 13.2 Å². The molecule has 0 aromatic carbocycles. The highest BCUT2D eigenvalue weighted by Gasteiger charge is 2.20. The Morgan fingerprint density at radius 2 is 0.581 bits per heavy atom. The van der Waals surface area contributed by atoms with Crippen LogP contribution in [0.4, 0.5) is 0 Å². The largest absolute Gasteiger partial charge is 0.466 e. The number of carbonyl (C=O) groups excluding carboxylic acids is 2. The molecule has 0 aliphatic heterocycles. The van der Waals surface area contributed by atoms with Crippen molar-refractivity contribution >= 4 is 11.9 Å². The first-order chi connectivity index (χ1) is 42.5. The van der Waals surface area contributed by atoms with Crippen molar-refractivity contribution in [1.29, 1.82) is 0 Å². The van der Waals surface area contributed by atoms with Crippen LogP contribution in [-0.2, 0) is 14.3 Å². The molecule has 0 bridgehead atoms. The van der Waals surface area contributed by atoms with Gasteiger partial charge in [-0.2, -0.15) is 0 Å². The summed E-state index contributed by atoms with van der Waals surface area (Å²) in [6.07, 6.45) is 98.1. The van der Waals surface area contributed by atoms with Gasteiger partial charge in [-0.1, -0.05) is 378 Å². The van der Waals surface area contributed by atoms with Gasteiger partial charge in [0.1, 0.15) is 0 Å². The van der Waals surface area contributed by atoms with Gasteiger partial charge in [0, 0.05) is 12.8 Å². The van der Waals surface area contributed by atoms with E-state index >= 15 is 0 Å². The van der Waals surface area contributed by atoms with Crippen molar-refractivity contribution in [1.82, 2.24) is 5.32 Å². The summed E-state index contributed by atoms with van der Waals surface area (Å²) in [5.41, 5.74) is 0. The van der Waals surface area contributed by atoms with Crippen molar-refractivity contribution < 1.29 is 24.5 Å². The van der Waals surface area contributed by atoms with Crippen LogP contribution in [-0.4, -0.2) is 47.4 Å². The number of aliphatic hydroxyl groups is 2. The smallest absolute Gasteiger partial charge is 0.305 e. The summed E-state index contributed by atoms with van der Waals surface area (Å²) in [4.78, 5) is 24.6. The fraction of sp³-hybridized carbons (Fsp3) is 0.900. The number of hydrogen-bond donors (Lipinski definition) is 3. The fourth-order valence-electron chi connectivity index (χ4n) is 12.4. The lowest BCUT2D eigenvalue weighted by Crippen LogP contribution is -2.45. The molecule has 0 aliphatic carbocycles. The standard InChI is InChI=1S/C80H153NO5/c1-3-5-7-9-11-13-15-17-18-19-39-43-46-50-54-58-62-66-70-74-80(85)86-75-71-67-63-59-55-51-47-44-41-38-36-34-32-30-28-26-24-22-20-21-23-25-27-29-31-33-35-37-40-42-45-49-53-57-61-65-69-73-79(84)81-77(76-82)78(83)72-68-64-60-56-52-48-16-14-12-10-8-6-4-2/h11,13,17-18,20,22,77-78,82-83H,3-10,12,14-16,19,21,23-76H2,1-2H3,(H,81,84)/b13-11-,18-17-,22-20-. The molecule has 1 amide bonds. The monoisotopic (exact) mass is 1210 g/mol. The Morgan fingerprint density at radius 3 is 0.919 bits per heavy atom. The van der Waals surface area contributed by atoms with Gasteiger partial charge in [0.25, 0.3) is 0 Å². The molecule has 0 rings (SSSR count). The zero-order valence-corrected chi connectivity index (χ0v) is 58.3. The summed E-state index contributed by atoms with van der Waals surface area (Å²) in [6, 6.07) is -0.538. The maximum atomic E-state index is 12.5. The van der Waals surface area contributed by atoms with Gasteiger partial charge >= 0.3 is 5.97 Å². The first-order valence-electron chi connectivity index (χ1n) is 39.2. The zero-order valence-electron chi connectivity index (χ0n) is 58.3. The Balaban J connectivity index is 3.31. The van der Waals surface area contributed by atoms with Gasteiger partial charge in [0.15, 0.2) is 0 Å². The lowest BCUT2D eigenvalue weighted by Gasteiger charge is -2.22. The molecule has 0 fully saturated rings. The third-order valence-corrected chi connectivity index (χ3v) is 18.4. The molecule has 0 aliphatic rings. The second kappa shape index (κ2) is 75.5. The quantitative estimate of drug-likeness (QED) is 0.0320. The van der Waals surface area contributed by atoms with Crippen molar-refractivity contribution in [2.45, 2.75) is 450 Å². The van der Waals surface area contributed by atoms with Gasteiger partial charge in [-0.25, -0.2) is 0 Å². The van der Waals surface area contributed by atoms with E-state index in [2.05, 4.69) is 55.6 Å². The minimum Gasteiger partial charge on any atom is -0.466 e. The summed E-state index contributed by atoms with van der Waals surface area (Å²) in [5, 5.41) is 23.3. The molecule has 0 spiro atoms. The van der Waals surface area contributed by atoms with Crippen molar-refractivity contribution in [3.63, 3.8) is 0 Å². The summed E-state index contributed by atoms with van der Waals surface area (Å²) in [7, 11) is 0. The highest BCUT2D eigenvalue weighted by atomic mass is 16.5. The number of aliphatic hydroxyl groups excluding tert-OH is 2. The van der Waals surface area contributed by atoms with Crippen LogP contribution in [0.2, 0.25) is 0 Å². The number of unbranched alkanes of at least 4 members (excludes halogenated alkanes) is 57. The van der Waals surface area contributed by atoms with Crippen LogP contribution in [0.5, 0.6) is 0 Å². The SMILES string of the molecule is CCCCC/C=C\C/C=C\CCCCCCCCCCCC(=O)OCCCCCCCCCCCCCCCCCC/C=C\CCCCCCCCCCCCCCCCCCCC(=O)NC(CO)C(O)CCCCCCCCCCCCCCC. The first-order valence-corrected chi connectivity index (χ1v) is 39.2. The van der Waals surface area contributed by atoms with E-state index in [4.69, 9.17) is 4.74 Å². The second-order valence-electron chi connectivity index (χ2n) is 27.0. The predicted octanol–water partition coefficient (Wildman–Crippen LogP) is 25.8. The minimum atomic E-state index is -0.661. The maximum absolute atomic E-state index is 12.5. The molecule has 6 heteroatoms. The van der Waals surface area contributed by atoms with E-state index in [0.717, 1.165) is 44.9 Å². The summed E-state index contributed by atoms with van der Waals surface area (Å²) in [6.45, 7) is 4.96. The summed E-state index contributed by atoms with van der Waals surface area (Å²) < 4.78 is 5.52. The molecular formula is C80H153NO5. The number of allylic oxidation sites excluding steroid dienone is 6. The van der Waals surface area contributed by atoms with Crippen LogP contribution in [0.25, 0.3) is 0 Å². The van der Waals surface area contributed by atoms with Crippen LogP contribution in [0, 0.1) is 0 Å². The third kappa shape index (κ3) is 71.2. The molecule has 0 saturated carbocycles. The van der Waals surface area contributed by atoms with Crippen LogP contribution >= 0.6 is 0 Å². The van der Waals surface area contributed by atoms with E-state index in [9.17, 15) is 19.8 Å².